The van der Waals surface area contributed by atoms with Crippen LogP contribution in [0.4, 0.5) is 0 Å². The molecular weight excluding hydrogens is 180 g/mol. The molecular formula is C11H24O3. The zero-order valence-corrected chi connectivity index (χ0v) is 10.1. The molecule has 14 heavy (non-hydrogen) atoms. The minimum absolute atomic E-state index is 0.147. The average molecular weight is 204 g/mol. The van der Waals surface area contributed by atoms with Crippen LogP contribution in [0.3, 0.4) is 0 Å². The van der Waals surface area contributed by atoms with Crippen LogP contribution in [0.15, 0.2) is 0 Å². The van der Waals surface area contributed by atoms with Crippen molar-refractivity contribution in [1.82, 2.24) is 0 Å². The Bertz CT molecular complexity index is 128. The summed E-state index contributed by atoms with van der Waals surface area (Å²) >= 11 is 0. The van der Waals surface area contributed by atoms with Gasteiger partial charge in [-0.25, -0.2) is 0 Å². The van der Waals surface area contributed by atoms with E-state index in [1.165, 1.54) is 0 Å². The van der Waals surface area contributed by atoms with Gasteiger partial charge in [0.05, 0.1) is 5.60 Å². The quantitative estimate of drug-likeness (QED) is 0.569. The monoisotopic (exact) mass is 204 g/mol. The van der Waals surface area contributed by atoms with Crippen molar-refractivity contribution in [3.05, 3.63) is 0 Å². The highest BCUT2D eigenvalue weighted by Gasteiger charge is 2.24. The van der Waals surface area contributed by atoms with E-state index in [9.17, 15) is 0 Å². The first kappa shape index (κ1) is 13.9. The summed E-state index contributed by atoms with van der Waals surface area (Å²) in [6.45, 7) is 12.1. The van der Waals surface area contributed by atoms with Crippen molar-refractivity contribution in [2.24, 2.45) is 0 Å². The molecule has 0 N–H and O–H groups in total. The molecule has 3 nitrogen and oxygen atoms in total. The van der Waals surface area contributed by atoms with Gasteiger partial charge in [0.2, 0.25) is 0 Å². The fourth-order valence-corrected chi connectivity index (χ4v) is 1.39. The first-order valence-corrected chi connectivity index (χ1v) is 5.42. The molecule has 0 aliphatic heterocycles. The third-order valence-corrected chi connectivity index (χ3v) is 1.90. The van der Waals surface area contributed by atoms with E-state index in [0.717, 1.165) is 13.0 Å². The van der Waals surface area contributed by atoms with Crippen LogP contribution in [0, 0.1) is 0 Å². The summed E-state index contributed by atoms with van der Waals surface area (Å²) in [6.07, 6.45) is 0.620. The fourth-order valence-electron chi connectivity index (χ4n) is 1.39. The number of hydrogen-bond donors (Lipinski definition) is 0. The van der Waals surface area contributed by atoms with E-state index in [-0.39, 0.29) is 11.9 Å². The predicted molar refractivity (Wildman–Crippen MR) is 57.4 cm³/mol. The molecule has 0 atom stereocenters. The second-order valence-electron chi connectivity index (χ2n) is 3.74. The Balaban J connectivity index is 3.98. The summed E-state index contributed by atoms with van der Waals surface area (Å²) in [4.78, 5) is 0. The van der Waals surface area contributed by atoms with Gasteiger partial charge >= 0.3 is 0 Å². The first-order valence-electron chi connectivity index (χ1n) is 5.42. The largest absolute Gasteiger partial charge is 0.376 e. The summed E-state index contributed by atoms with van der Waals surface area (Å²) in [7, 11) is 0. The molecule has 0 fully saturated rings. The first-order chi connectivity index (χ1) is 6.55. The SMILES string of the molecule is CCOC(CC(C)(C)OCC)OCC. The van der Waals surface area contributed by atoms with Gasteiger partial charge in [-0.3, -0.25) is 0 Å². The summed E-state index contributed by atoms with van der Waals surface area (Å²) < 4.78 is 16.5. The van der Waals surface area contributed by atoms with E-state index < -0.39 is 0 Å². The molecule has 0 spiro atoms. The molecule has 0 saturated heterocycles. The van der Waals surface area contributed by atoms with Gasteiger partial charge in [-0.2, -0.15) is 0 Å². The Morgan fingerprint density at radius 2 is 1.43 bits per heavy atom. The Hall–Kier alpha value is -0.120. The lowest BCUT2D eigenvalue weighted by Crippen LogP contribution is -2.33. The lowest BCUT2D eigenvalue weighted by atomic mass is 10.1. The van der Waals surface area contributed by atoms with Crippen LogP contribution < -0.4 is 0 Å². The maximum Gasteiger partial charge on any atom is 0.160 e. The average Bonchev–Trinajstić information content (AvgIpc) is 2.03. The van der Waals surface area contributed by atoms with Crippen molar-refractivity contribution in [2.45, 2.75) is 52.9 Å². The number of ether oxygens (including phenoxy) is 3. The Labute approximate surface area is 87.7 Å². The van der Waals surface area contributed by atoms with Crippen LogP contribution in [0.1, 0.15) is 41.0 Å². The maximum atomic E-state index is 5.59. The molecule has 0 aromatic carbocycles. The normalized spacial score (nSPS) is 12.4. The van der Waals surface area contributed by atoms with E-state index in [1.54, 1.807) is 0 Å². The van der Waals surface area contributed by atoms with Crippen molar-refractivity contribution in [3.63, 3.8) is 0 Å². The van der Waals surface area contributed by atoms with E-state index in [4.69, 9.17) is 14.2 Å². The Morgan fingerprint density at radius 1 is 0.929 bits per heavy atom. The van der Waals surface area contributed by atoms with Crippen LogP contribution in [-0.2, 0) is 14.2 Å². The van der Waals surface area contributed by atoms with Gasteiger partial charge in [0.1, 0.15) is 0 Å². The van der Waals surface area contributed by atoms with Crippen molar-refractivity contribution in [3.8, 4) is 0 Å². The third-order valence-electron chi connectivity index (χ3n) is 1.90. The molecule has 0 aromatic heterocycles. The van der Waals surface area contributed by atoms with Gasteiger partial charge in [-0.1, -0.05) is 0 Å². The van der Waals surface area contributed by atoms with Crippen molar-refractivity contribution >= 4 is 0 Å². The fraction of sp³-hybridized carbons (Fsp3) is 1.00. The predicted octanol–water partition coefficient (Wildman–Crippen LogP) is 2.59. The van der Waals surface area contributed by atoms with Gasteiger partial charge in [-0.15, -0.1) is 0 Å². The standard InChI is InChI=1S/C11H24O3/c1-6-12-10(13-7-2)9-11(4,5)14-8-3/h10H,6-9H2,1-5H3. The molecule has 0 unspecified atom stereocenters. The molecule has 0 rings (SSSR count). The van der Waals surface area contributed by atoms with Crippen LogP contribution >= 0.6 is 0 Å². The second-order valence-corrected chi connectivity index (χ2v) is 3.74. The zero-order valence-electron chi connectivity index (χ0n) is 10.1. The van der Waals surface area contributed by atoms with Gasteiger partial charge < -0.3 is 14.2 Å². The second kappa shape index (κ2) is 7.21. The maximum absolute atomic E-state index is 5.59. The summed E-state index contributed by atoms with van der Waals surface area (Å²) in [5.41, 5.74) is -0.177. The smallest absolute Gasteiger partial charge is 0.160 e. The van der Waals surface area contributed by atoms with Crippen LogP contribution in [0.25, 0.3) is 0 Å². The zero-order chi connectivity index (χ0) is 11.0. The van der Waals surface area contributed by atoms with Gasteiger partial charge in [0, 0.05) is 26.2 Å². The molecule has 0 aromatic rings. The Morgan fingerprint density at radius 3 is 1.79 bits per heavy atom. The van der Waals surface area contributed by atoms with Gasteiger partial charge in [-0.05, 0) is 34.6 Å². The highest BCUT2D eigenvalue weighted by Crippen LogP contribution is 2.19. The van der Waals surface area contributed by atoms with Crippen molar-refractivity contribution in [2.75, 3.05) is 19.8 Å². The Kier molecular flexibility index (Phi) is 7.15. The number of hydrogen-bond acceptors (Lipinski definition) is 3. The van der Waals surface area contributed by atoms with E-state index in [0.29, 0.717) is 13.2 Å². The third kappa shape index (κ3) is 6.35. The van der Waals surface area contributed by atoms with Crippen LogP contribution in [-0.4, -0.2) is 31.7 Å². The van der Waals surface area contributed by atoms with Crippen molar-refractivity contribution < 1.29 is 14.2 Å². The van der Waals surface area contributed by atoms with E-state index in [2.05, 4.69) is 13.8 Å². The molecule has 0 aliphatic carbocycles. The molecule has 0 radical (unpaired) electrons. The van der Waals surface area contributed by atoms with Gasteiger partial charge in [0.15, 0.2) is 6.29 Å². The minimum atomic E-state index is -0.177. The van der Waals surface area contributed by atoms with E-state index >= 15 is 0 Å². The van der Waals surface area contributed by atoms with Gasteiger partial charge in [0.25, 0.3) is 0 Å². The highest BCUT2D eigenvalue weighted by molar-refractivity contribution is 4.70. The summed E-state index contributed by atoms with van der Waals surface area (Å²) in [5.74, 6) is 0. The van der Waals surface area contributed by atoms with Crippen molar-refractivity contribution in [1.29, 1.82) is 0 Å². The number of rotatable bonds is 8. The summed E-state index contributed by atoms with van der Waals surface area (Å²) in [5, 5.41) is 0. The molecule has 0 aliphatic rings. The highest BCUT2D eigenvalue weighted by atomic mass is 16.7. The topological polar surface area (TPSA) is 27.7 Å². The molecule has 3 heteroatoms. The molecule has 0 amide bonds. The lowest BCUT2D eigenvalue weighted by molar-refractivity contribution is -0.172. The lowest BCUT2D eigenvalue weighted by Gasteiger charge is -2.29. The summed E-state index contributed by atoms with van der Waals surface area (Å²) in [6, 6.07) is 0. The molecule has 0 saturated carbocycles. The van der Waals surface area contributed by atoms with Crippen LogP contribution in [0.2, 0.25) is 0 Å². The molecule has 0 heterocycles. The van der Waals surface area contributed by atoms with E-state index in [1.807, 2.05) is 20.8 Å². The molecule has 0 bridgehead atoms. The van der Waals surface area contributed by atoms with Crippen LogP contribution in [0.5, 0.6) is 0 Å². The molecule has 86 valence electrons. The minimum Gasteiger partial charge on any atom is -0.376 e.